The second-order valence-electron chi connectivity index (χ2n) is 14.3. The summed E-state index contributed by atoms with van der Waals surface area (Å²) in [7, 11) is 0. The summed E-state index contributed by atoms with van der Waals surface area (Å²) in [5.41, 5.74) is 0. The maximum atomic E-state index is 12.2. The van der Waals surface area contributed by atoms with Crippen molar-refractivity contribution in [1.29, 1.82) is 0 Å². The van der Waals surface area contributed by atoms with E-state index >= 15 is 0 Å². The minimum absolute atomic E-state index is 0.0964. The highest BCUT2D eigenvalue weighted by Crippen LogP contribution is 2.38. The minimum atomic E-state index is -2.46. The standard InChI is InChI=1S/C32H55NO22/c1-11-15(39)4-32(50-10-37,55-28(11)22(42)16(40)5-34)49-9-19-24(44)26(46)27(47)31(53-19)54-29-18(7-36)52-30(20(25(29)45)33-13(3)38)48-8-14-12(2)51-17(6-35)23(43)21(14)41/h10-12,14-31,34-36,39-47H,4-9H2,1-3H3,(H,33,38)/t11-,12-,14?,15-,16?,17?,18+,19?,20?,21-,22?,23-,24+,25?,26+,27?,28?,29-,30-,31+,32+/m1/s1. The molecule has 0 aromatic rings. The third-order valence-electron chi connectivity index (χ3n) is 10.5. The summed E-state index contributed by atoms with van der Waals surface area (Å²) >= 11 is 0. The molecule has 13 N–H and O–H groups in total. The van der Waals surface area contributed by atoms with Crippen molar-refractivity contribution in [2.75, 3.05) is 33.0 Å². The average molecular weight is 806 g/mol. The molecule has 1 amide bonds. The Bertz CT molecular complexity index is 1220. The Balaban J connectivity index is 1.49. The van der Waals surface area contributed by atoms with Gasteiger partial charge in [-0.05, 0) is 6.92 Å². The average Bonchev–Trinajstić information content (AvgIpc) is 3.15. The summed E-state index contributed by atoms with van der Waals surface area (Å²) in [5, 5.41) is 127. The van der Waals surface area contributed by atoms with Crippen LogP contribution >= 0.6 is 0 Å². The van der Waals surface area contributed by atoms with Gasteiger partial charge < -0.3 is 104 Å². The zero-order valence-corrected chi connectivity index (χ0v) is 30.3. The lowest BCUT2D eigenvalue weighted by Gasteiger charge is -2.48. The van der Waals surface area contributed by atoms with E-state index in [0.29, 0.717) is 0 Å². The maximum Gasteiger partial charge on any atom is 0.332 e. The zero-order chi connectivity index (χ0) is 40.9. The third kappa shape index (κ3) is 10.3. The van der Waals surface area contributed by atoms with E-state index in [4.69, 9.17) is 37.9 Å². The van der Waals surface area contributed by atoms with Gasteiger partial charge in [-0.3, -0.25) is 9.59 Å². The molecule has 0 radical (unpaired) electrons. The van der Waals surface area contributed by atoms with E-state index < -0.39 is 167 Å². The molecule has 4 heterocycles. The van der Waals surface area contributed by atoms with Crippen LogP contribution in [0.1, 0.15) is 27.2 Å². The molecule has 0 saturated carbocycles. The summed E-state index contributed by atoms with van der Waals surface area (Å²) in [5.74, 6) is -4.88. The van der Waals surface area contributed by atoms with E-state index in [0.717, 1.165) is 6.92 Å². The lowest BCUT2D eigenvalue weighted by atomic mass is 9.87. The Labute approximate surface area is 314 Å². The highest BCUT2D eigenvalue weighted by molar-refractivity contribution is 5.73. The van der Waals surface area contributed by atoms with E-state index in [9.17, 15) is 70.9 Å². The predicted molar refractivity (Wildman–Crippen MR) is 173 cm³/mol. The summed E-state index contributed by atoms with van der Waals surface area (Å²) < 4.78 is 45.1. The van der Waals surface area contributed by atoms with Crippen LogP contribution in [0.3, 0.4) is 0 Å². The maximum absolute atomic E-state index is 12.2. The van der Waals surface area contributed by atoms with Crippen molar-refractivity contribution < 1.29 is 109 Å². The molecule has 320 valence electrons. The highest BCUT2D eigenvalue weighted by atomic mass is 16.9. The quantitative estimate of drug-likeness (QED) is 0.0509. The van der Waals surface area contributed by atoms with E-state index in [-0.39, 0.29) is 13.1 Å². The van der Waals surface area contributed by atoms with Crippen molar-refractivity contribution in [2.45, 2.75) is 143 Å². The molecule has 4 aliphatic rings. The first-order valence-corrected chi connectivity index (χ1v) is 17.8. The largest absolute Gasteiger partial charge is 0.410 e. The molecular formula is C32H55NO22. The van der Waals surface area contributed by atoms with Crippen LogP contribution in [0.4, 0.5) is 0 Å². The van der Waals surface area contributed by atoms with Crippen LogP contribution < -0.4 is 5.32 Å². The summed E-state index contributed by atoms with van der Waals surface area (Å²) in [4.78, 5) is 23.7. The molecule has 0 aromatic carbocycles. The Morgan fingerprint density at radius 1 is 0.836 bits per heavy atom. The number of hydrogen-bond donors (Lipinski definition) is 13. The lowest BCUT2D eigenvalue weighted by molar-refractivity contribution is -0.423. The van der Waals surface area contributed by atoms with Crippen LogP contribution in [-0.4, -0.2) is 223 Å². The van der Waals surface area contributed by atoms with Gasteiger partial charge >= 0.3 is 5.97 Å². The Kier molecular flexibility index (Phi) is 16.5. The van der Waals surface area contributed by atoms with Gasteiger partial charge in [0.1, 0.15) is 73.2 Å². The fraction of sp³-hybridized carbons (Fsp3) is 0.938. The number of hydrogen-bond acceptors (Lipinski definition) is 22. The molecule has 23 nitrogen and oxygen atoms in total. The van der Waals surface area contributed by atoms with Gasteiger partial charge in [-0.2, -0.15) is 0 Å². The van der Waals surface area contributed by atoms with Crippen molar-refractivity contribution in [3.63, 3.8) is 0 Å². The second-order valence-corrected chi connectivity index (χ2v) is 14.3. The van der Waals surface area contributed by atoms with E-state index in [1.165, 1.54) is 6.92 Å². The van der Waals surface area contributed by atoms with Crippen LogP contribution in [0, 0.1) is 11.8 Å². The normalized spacial score (nSPS) is 46.4. The van der Waals surface area contributed by atoms with Gasteiger partial charge in [0.15, 0.2) is 12.6 Å². The van der Waals surface area contributed by atoms with Gasteiger partial charge in [0.05, 0.1) is 63.9 Å². The SMILES string of the molecule is CC(=O)NC1C(O)[C@H](O[C@@H]2OC(CO[C@]3(OC=O)C[C@@H](O)[C@@H](C)C(C(O)C(O)CO)O3)[C@H](O)[C@H](O)C2O)[C@H](CO)O[C@H]1OCC1[C@@H](O)[C@H](O)C(CO)O[C@@H]1C. The highest BCUT2D eigenvalue weighted by Gasteiger charge is 2.55. The first kappa shape index (κ1) is 45.9. The van der Waals surface area contributed by atoms with Crippen LogP contribution in [0.2, 0.25) is 0 Å². The van der Waals surface area contributed by atoms with Crippen LogP contribution in [0.5, 0.6) is 0 Å². The molecule has 9 unspecified atom stereocenters. The summed E-state index contributed by atoms with van der Waals surface area (Å²) in [6.45, 7) is 0.578. The number of aliphatic hydroxyl groups is 12. The molecular weight excluding hydrogens is 750 g/mol. The number of carbonyl (C=O) groups is 2. The number of ether oxygens (including phenoxy) is 8. The molecule has 0 aliphatic carbocycles. The van der Waals surface area contributed by atoms with Crippen LogP contribution in [-0.2, 0) is 47.5 Å². The summed E-state index contributed by atoms with van der Waals surface area (Å²) in [6, 6.07) is -1.43. The van der Waals surface area contributed by atoms with Gasteiger partial charge in [-0.15, -0.1) is 0 Å². The molecule has 0 aromatic heterocycles. The van der Waals surface area contributed by atoms with E-state index in [2.05, 4.69) is 5.32 Å². The third-order valence-corrected chi connectivity index (χ3v) is 10.5. The van der Waals surface area contributed by atoms with Crippen molar-refractivity contribution >= 4 is 12.4 Å². The fourth-order valence-electron chi connectivity index (χ4n) is 7.10. The van der Waals surface area contributed by atoms with Crippen molar-refractivity contribution in [3.8, 4) is 0 Å². The molecule has 4 aliphatic heterocycles. The van der Waals surface area contributed by atoms with Gasteiger partial charge in [-0.25, -0.2) is 0 Å². The number of rotatable bonds is 16. The molecule has 23 heteroatoms. The molecule has 0 bridgehead atoms. The first-order valence-electron chi connectivity index (χ1n) is 17.8. The Morgan fingerprint density at radius 2 is 1.47 bits per heavy atom. The molecule has 4 rings (SSSR count). The molecule has 4 fully saturated rings. The van der Waals surface area contributed by atoms with E-state index in [1.807, 2.05) is 0 Å². The zero-order valence-electron chi connectivity index (χ0n) is 30.3. The molecule has 0 spiro atoms. The summed E-state index contributed by atoms with van der Waals surface area (Å²) in [6.07, 6.45) is -27.4. The number of carbonyl (C=O) groups excluding carboxylic acids is 2. The van der Waals surface area contributed by atoms with E-state index in [1.54, 1.807) is 6.92 Å². The van der Waals surface area contributed by atoms with Crippen LogP contribution in [0.25, 0.3) is 0 Å². The second kappa shape index (κ2) is 19.8. The number of aliphatic hydroxyl groups excluding tert-OH is 12. The number of amides is 1. The topological polar surface area (TPSA) is 363 Å². The smallest absolute Gasteiger partial charge is 0.332 e. The molecule has 21 atom stereocenters. The Hall–Kier alpha value is -1.82. The van der Waals surface area contributed by atoms with Gasteiger partial charge in [0.2, 0.25) is 5.91 Å². The van der Waals surface area contributed by atoms with Gasteiger partial charge in [0, 0.05) is 18.8 Å². The minimum Gasteiger partial charge on any atom is -0.410 e. The van der Waals surface area contributed by atoms with Gasteiger partial charge in [-0.1, -0.05) is 6.92 Å². The fourth-order valence-corrected chi connectivity index (χ4v) is 7.10. The van der Waals surface area contributed by atoms with Crippen LogP contribution in [0.15, 0.2) is 0 Å². The monoisotopic (exact) mass is 805 g/mol. The van der Waals surface area contributed by atoms with Crippen molar-refractivity contribution in [2.24, 2.45) is 11.8 Å². The number of nitrogens with one attached hydrogen (secondary N) is 1. The molecule has 4 saturated heterocycles. The van der Waals surface area contributed by atoms with Crippen molar-refractivity contribution in [1.82, 2.24) is 5.32 Å². The first-order chi connectivity index (χ1) is 25.9. The Morgan fingerprint density at radius 3 is 2.07 bits per heavy atom. The lowest BCUT2D eigenvalue weighted by Crippen LogP contribution is -2.68. The van der Waals surface area contributed by atoms with Gasteiger partial charge in [0.25, 0.3) is 6.47 Å². The van der Waals surface area contributed by atoms with Crippen molar-refractivity contribution in [3.05, 3.63) is 0 Å². The molecule has 55 heavy (non-hydrogen) atoms. The predicted octanol–water partition coefficient (Wildman–Crippen LogP) is -7.76.